The van der Waals surface area contributed by atoms with Gasteiger partial charge < -0.3 is 20.5 Å². The van der Waals surface area contributed by atoms with E-state index in [2.05, 4.69) is 10.4 Å². The van der Waals surface area contributed by atoms with Gasteiger partial charge in [0.15, 0.2) is 0 Å². The van der Waals surface area contributed by atoms with Crippen LogP contribution in [0.1, 0.15) is 0 Å². The van der Waals surface area contributed by atoms with Gasteiger partial charge in [0.2, 0.25) is 15.7 Å². The summed E-state index contributed by atoms with van der Waals surface area (Å²) in [5, 5.41) is 7.16. The van der Waals surface area contributed by atoms with Gasteiger partial charge in [-0.25, -0.2) is 13.1 Å². The number of benzene rings is 2. The zero-order valence-electron chi connectivity index (χ0n) is 17.2. The van der Waals surface area contributed by atoms with Gasteiger partial charge in [-0.3, -0.25) is 4.79 Å². The van der Waals surface area contributed by atoms with E-state index < -0.39 is 15.7 Å². The number of carbonyl (C=O) groups excluding carboxylic acids is 1. The van der Waals surface area contributed by atoms with E-state index in [1.807, 2.05) is 0 Å². The van der Waals surface area contributed by atoms with Crippen LogP contribution in [0.5, 0.6) is 11.5 Å². The molecule has 1 aromatic heterocycles. The SMILES string of the molecule is COc1ccc(S(=O)(=O)c2c(SC)nn(CC(=O)Nc3cccc(OC)c3)c2N)cc1. The molecule has 1 heterocycles. The summed E-state index contributed by atoms with van der Waals surface area (Å²) in [6.45, 7) is -0.255. The molecule has 31 heavy (non-hydrogen) atoms. The Morgan fingerprint density at radius 2 is 1.81 bits per heavy atom. The molecule has 3 aromatic rings. The molecule has 9 nitrogen and oxygen atoms in total. The highest BCUT2D eigenvalue weighted by Gasteiger charge is 2.29. The Hall–Kier alpha value is -3.18. The summed E-state index contributed by atoms with van der Waals surface area (Å²) < 4.78 is 37.8. The van der Waals surface area contributed by atoms with Gasteiger partial charge in [-0.05, 0) is 42.7 Å². The van der Waals surface area contributed by atoms with E-state index in [0.29, 0.717) is 17.2 Å². The highest BCUT2D eigenvalue weighted by Crippen LogP contribution is 2.34. The number of nitrogens with one attached hydrogen (secondary N) is 1. The number of carbonyl (C=O) groups is 1. The van der Waals surface area contributed by atoms with Crippen molar-refractivity contribution in [3.63, 3.8) is 0 Å². The third-order valence-corrected chi connectivity index (χ3v) is 7.03. The van der Waals surface area contributed by atoms with Crippen LogP contribution in [0.4, 0.5) is 11.5 Å². The highest BCUT2D eigenvalue weighted by molar-refractivity contribution is 7.99. The van der Waals surface area contributed by atoms with Crippen molar-refractivity contribution in [2.75, 3.05) is 31.5 Å². The molecule has 164 valence electrons. The first-order valence-corrected chi connectivity index (χ1v) is 11.7. The lowest BCUT2D eigenvalue weighted by atomic mass is 10.3. The van der Waals surface area contributed by atoms with Crippen molar-refractivity contribution in [1.29, 1.82) is 0 Å². The molecule has 0 aliphatic carbocycles. The van der Waals surface area contributed by atoms with Crippen molar-refractivity contribution >= 4 is 39.0 Å². The Bertz CT molecular complexity index is 1190. The molecule has 0 aliphatic heterocycles. The van der Waals surface area contributed by atoms with Gasteiger partial charge in [-0.1, -0.05) is 6.07 Å². The fourth-order valence-corrected chi connectivity index (χ4v) is 5.28. The molecule has 3 N–H and O–H groups in total. The first kappa shape index (κ1) is 22.5. The van der Waals surface area contributed by atoms with Gasteiger partial charge >= 0.3 is 0 Å². The molecule has 0 atom stereocenters. The van der Waals surface area contributed by atoms with Crippen molar-refractivity contribution in [2.24, 2.45) is 0 Å². The molecule has 0 spiro atoms. The van der Waals surface area contributed by atoms with E-state index >= 15 is 0 Å². The molecule has 0 bridgehead atoms. The number of nitrogens with two attached hydrogens (primary N) is 1. The number of nitrogens with zero attached hydrogens (tertiary/aromatic N) is 2. The number of thioether (sulfide) groups is 1. The monoisotopic (exact) mass is 462 g/mol. The molecule has 0 aliphatic rings. The summed E-state index contributed by atoms with van der Waals surface area (Å²) in [6.07, 6.45) is 1.69. The number of rotatable bonds is 8. The summed E-state index contributed by atoms with van der Waals surface area (Å²) >= 11 is 1.13. The van der Waals surface area contributed by atoms with Crippen molar-refractivity contribution < 1.29 is 22.7 Å². The normalized spacial score (nSPS) is 11.2. The van der Waals surface area contributed by atoms with Crippen LogP contribution in [0, 0.1) is 0 Å². The third kappa shape index (κ3) is 4.78. The molecule has 0 saturated carbocycles. The Labute approximate surface area is 184 Å². The molecule has 0 fully saturated rings. The number of hydrogen-bond acceptors (Lipinski definition) is 8. The zero-order chi connectivity index (χ0) is 22.6. The zero-order valence-corrected chi connectivity index (χ0v) is 18.8. The fourth-order valence-electron chi connectivity index (χ4n) is 2.85. The number of hydrogen-bond donors (Lipinski definition) is 2. The predicted octanol–water partition coefficient (Wildman–Crippen LogP) is 2.68. The maximum Gasteiger partial charge on any atom is 0.246 e. The van der Waals surface area contributed by atoms with Gasteiger partial charge in [0.25, 0.3) is 0 Å². The van der Waals surface area contributed by atoms with Gasteiger partial charge in [0, 0.05) is 11.8 Å². The Morgan fingerprint density at radius 1 is 1.13 bits per heavy atom. The number of nitrogen functional groups attached to an aromatic ring is 1. The number of ether oxygens (including phenoxy) is 2. The summed E-state index contributed by atoms with van der Waals surface area (Å²) in [7, 11) is -0.931. The molecule has 11 heteroatoms. The lowest BCUT2D eigenvalue weighted by Crippen LogP contribution is -2.21. The maximum atomic E-state index is 13.2. The van der Waals surface area contributed by atoms with Gasteiger partial charge in [0.1, 0.15) is 33.8 Å². The van der Waals surface area contributed by atoms with Gasteiger partial charge in [-0.15, -0.1) is 11.8 Å². The first-order valence-electron chi connectivity index (χ1n) is 9.03. The number of sulfone groups is 1. The van der Waals surface area contributed by atoms with Crippen LogP contribution < -0.4 is 20.5 Å². The Balaban J connectivity index is 1.89. The van der Waals surface area contributed by atoms with Crippen LogP contribution >= 0.6 is 11.8 Å². The number of aromatic nitrogens is 2. The summed E-state index contributed by atoms with van der Waals surface area (Å²) in [5.74, 6) is 0.598. The van der Waals surface area contributed by atoms with Crippen LogP contribution in [-0.2, 0) is 21.2 Å². The van der Waals surface area contributed by atoms with Crippen LogP contribution in [-0.4, -0.2) is 44.6 Å². The second kappa shape index (κ2) is 9.31. The second-order valence-electron chi connectivity index (χ2n) is 6.34. The summed E-state index contributed by atoms with van der Waals surface area (Å²) in [4.78, 5) is 12.4. The number of anilines is 2. The van der Waals surface area contributed by atoms with E-state index in [-0.39, 0.29) is 27.2 Å². The highest BCUT2D eigenvalue weighted by atomic mass is 32.2. The average Bonchev–Trinajstić information content (AvgIpc) is 3.09. The lowest BCUT2D eigenvalue weighted by molar-refractivity contribution is -0.116. The lowest BCUT2D eigenvalue weighted by Gasteiger charge is -2.09. The molecule has 0 radical (unpaired) electrons. The minimum atomic E-state index is -3.95. The molecular formula is C20H22N4O5S2. The molecule has 1 amide bonds. The molecule has 3 rings (SSSR count). The van der Waals surface area contributed by atoms with E-state index in [0.717, 1.165) is 11.8 Å². The maximum absolute atomic E-state index is 13.2. The molecule has 2 aromatic carbocycles. The Kier molecular flexibility index (Phi) is 6.76. The van der Waals surface area contributed by atoms with Crippen LogP contribution in [0.25, 0.3) is 0 Å². The van der Waals surface area contributed by atoms with E-state index in [1.54, 1.807) is 42.7 Å². The van der Waals surface area contributed by atoms with E-state index in [4.69, 9.17) is 15.2 Å². The van der Waals surface area contributed by atoms with Crippen LogP contribution in [0.15, 0.2) is 63.3 Å². The minimum Gasteiger partial charge on any atom is -0.497 e. The molecule has 0 saturated heterocycles. The topological polar surface area (TPSA) is 126 Å². The van der Waals surface area contributed by atoms with Crippen LogP contribution in [0.2, 0.25) is 0 Å². The third-order valence-electron chi connectivity index (χ3n) is 4.40. The van der Waals surface area contributed by atoms with Crippen LogP contribution in [0.3, 0.4) is 0 Å². The van der Waals surface area contributed by atoms with Crippen molar-refractivity contribution in [3.8, 4) is 11.5 Å². The average molecular weight is 463 g/mol. The quantitative estimate of drug-likeness (QED) is 0.490. The molecular weight excluding hydrogens is 440 g/mol. The van der Waals surface area contributed by atoms with Gasteiger partial charge in [-0.2, -0.15) is 5.10 Å². The fraction of sp³-hybridized carbons (Fsp3) is 0.200. The van der Waals surface area contributed by atoms with Crippen molar-refractivity contribution in [2.45, 2.75) is 21.4 Å². The standard InChI is InChI=1S/C20H22N4O5S2/c1-28-14-7-9-16(10-8-14)31(26,27)18-19(21)24(23-20(18)30-3)12-17(25)22-13-5-4-6-15(11-13)29-2/h4-11H,12,21H2,1-3H3,(H,22,25). The first-order chi connectivity index (χ1) is 14.8. The smallest absolute Gasteiger partial charge is 0.246 e. The van der Waals surface area contributed by atoms with E-state index in [9.17, 15) is 13.2 Å². The van der Waals surface area contributed by atoms with Gasteiger partial charge in [0.05, 0.1) is 19.1 Å². The second-order valence-corrected chi connectivity index (χ2v) is 9.02. The summed E-state index contributed by atoms with van der Waals surface area (Å²) in [6, 6.07) is 12.8. The molecule has 0 unspecified atom stereocenters. The number of amides is 1. The summed E-state index contributed by atoms with van der Waals surface area (Å²) in [5.41, 5.74) is 6.66. The number of methoxy groups -OCH3 is 2. The largest absolute Gasteiger partial charge is 0.497 e. The van der Waals surface area contributed by atoms with E-state index in [1.165, 1.54) is 31.0 Å². The Morgan fingerprint density at radius 3 is 2.42 bits per heavy atom. The van der Waals surface area contributed by atoms with Crippen molar-refractivity contribution in [1.82, 2.24) is 9.78 Å². The van der Waals surface area contributed by atoms with Crippen molar-refractivity contribution in [3.05, 3.63) is 48.5 Å². The predicted molar refractivity (Wildman–Crippen MR) is 118 cm³/mol. The minimum absolute atomic E-state index is 0.0516.